The van der Waals surface area contributed by atoms with Crippen LogP contribution in [0.25, 0.3) is 0 Å². The highest BCUT2D eigenvalue weighted by Gasteiger charge is 2.06. The zero-order valence-corrected chi connectivity index (χ0v) is 12.6. The molecule has 2 aromatic carbocycles. The molecule has 0 aliphatic rings. The molecule has 0 aromatic heterocycles. The van der Waals surface area contributed by atoms with E-state index in [1.807, 2.05) is 24.3 Å². The molecule has 0 unspecified atom stereocenters. The fraction of sp³-hybridized carbons (Fsp3) is 0.176. The molecule has 2 rings (SSSR count). The smallest absolute Gasteiger partial charge is 0.319 e. The van der Waals surface area contributed by atoms with Crippen LogP contribution in [-0.2, 0) is 6.54 Å². The molecule has 114 valence electrons. The standard InChI is InChI=1S/C17H18N2O3/c1-12(20)13-7-5-8-15(10-13)19-17(21)18-11-14-6-3-4-9-16(14)22-2/h3-10H,11H2,1-2H3,(H2,18,19,21). The van der Waals surface area contributed by atoms with Crippen molar-refractivity contribution in [3.63, 3.8) is 0 Å². The number of benzene rings is 2. The maximum absolute atomic E-state index is 11.9. The number of hydrogen-bond acceptors (Lipinski definition) is 3. The van der Waals surface area contributed by atoms with Crippen LogP contribution in [-0.4, -0.2) is 18.9 Å². The SMILES string of the molecule is COc1ccccc1CNC(=O)Nc1cccc(C(C)=O)c1. The Bertz CT molecular complexity index is 683. The van der Waals surface area contributed by atoms with Gasteiger partial charge in [0, 0.05) is 23.4 Å². The van der Waals surface area contributed by atoms with E-state index in [0.717, 1.165) is 11.3 Å². The van der Waals surface area contributed by atoms with Gasteiger partial charge in [-0.1, -0.05) is 30.3 Å². The van der Waals surface area contributed by atoms with Gasteiger partial charge >= 0.3 is 6.03 Å². The van der Waals surface area contributed by atoms with E-state index in [2.05, 4.69) is 10.6 Å². The highest BCUT2D eigenvalue weighted by Crippen LogP contribution is 2.17. The van der Waals surface area contributed by atoms with Gasteiger partial charge < -0.3 is 15.4 Å². The number of Topliss-reactive ketones (excluding diaryl/α,β-unsaturated/α-hetero) is 1. The van der Waals surface area contributed by atoms with E-state index in [1.165, 1.54) is 6.92 Å². The van der Waals surface area contributed by atoms with Crippen molar-refractivity contribution in [2.24, 2.45) is 0 Å². The molecular formula is C17H18N2O3. The summed E-state index contributed by atoms with van der Waals surface area (Å²) in [5.74, 6) is 0.680. The van der Waals surface area contributed by atoms with Crippen molar-refractivity contribution in [1.82, 2.24) is 5.32 Å². The second-order valence-electron chi connectivity index (χ2n) is 4.76. The molecule has 0 fully saturated rings. The molecule has 2 amide bonds. The van der Waals surface area contributed by atoms with E-state index in [0.29, 0.717) is 17.8 Å². The summed E-state index contributed by atoms with van der Waals surface area (Å²) in [5.41, 5.74) is 2.02. The summed E-state index contributed by atoms with van der Waals surface area (Å²) in [6.45, 7) is 1.84. The molecule has 22 heavy (non-hydrogen) atoms. The molecular weight excluding hydrogens is 280 g/mol. The number of ether oxygens (including phenoxy) is 1. The lowest BCUT2D eigenvalue weighted by molar-refractivity contribution is 0.101. The lowest BCUT2D eigenvalue weighted by Crippen LogP contribution is -2.28. The van der Waals surface area contributed by atoms with Crippen molar-refractivity contribution in [2.45, 2.75) is 13.5 Å². The van der Waals surface area contributed by atoms with Gasteiger partial charge in [-0.15, -0.1) is 0 Å². The minimum absolute atomic E-state index is 0.0434. The van der Waals surface area contributed by atoms with Crippen LogP contribution in [0.4, 0.5) is 10.5 Å². The third kappa shape index (κ3) is 4.09. The Hall–Kier alpha value is -2.82. The zero-order valence-electron chi connectivity index (χ0n) is 12.6. The Balaban J connectivity index is 1.96. The minimum atomic E-state index is -0.341. The molecule has 0 spiro atoms. The third-order valence-corrected chi connectivity index (χ3v) is 3.16. The first-order valence-corrected chi connectivity index (χ1v) is 6.88. The Kier molecular flexibility index (Phi) is 5.14. The molecule has 5 nitrogen and oxygen atoms in total. The minimum Gasteiger partial charge on any atom is -0.496 e. The highest BCUT2D eigenvalue weighted by molar-refractivity contribution is 5.96. The van der Waals surface area contributed by atoms with E-state index < -0.39 is 0 Å². The van der Waals surface area contributed by atoms with Crippen LogP contribution in [0.5, 0.6) is 5.75 Å². The Morgan fingerprint density at radius 3 is 2.59 bits per heavy atom. The molecule has 0 saturated heterocycles. The first-order valence-electron chi connectivity index (χ1n) is 6.88. The van der Waals surface area contributed by atoms with Gasteiger partial charge in [0.15, 0.2) is 5.78 Å². The van der Waals surface area contributed by atoms with Gasteiger partial charge in [-0.2, -0.15) is 0 Å². The van der Waals surface area contributed by atoms with Gasteiger partial charge in [0.05, 0.1) is 7.11 Å². The summed E-state index contributed by atoms with van der Waals surface area (Å²) in [5, 5.41) is 5.46. The summed E-state index contributed by atoms with van der Waals surface area (Å²) in [4.78, 5) is 23.2. The predicted octanol–water partition coefficient (Wildman–Crippen LogP) is 3.22. The third-order valence-electron chi connectivity index (χ3n) is 3.16. The topological polar surface area (TPSA) is 67.4 Å². The summed E-state index contributed by atoms with van der Waals surface area (Å²) in [7, 11) is 1.59. The van der Waals surface area contributed by atoms with E-state index in [1.54, 1.807) is 31.4 Å². The molecule has 5 heteroatoms. The van der Waals surface area contributed by atoms with Gasteiger partial charge in [0.25, 0.3) is 0 Å². The summed E-state index contributed by atoms with van der Waals surface area (Å²) in [6.07, 6.45) is 0. The van der Waals surface area contributed by atoms with E-state index in [9.17, 15) is 9.59 Å². The molecule has 0 atom stereocenters. The molecule has 0 bridgehead atoms. The van der Waals surface area contributed by atoms with Crippen molar-refractivity contribution in [3.8, 4) is 5.75 Å². The fourth-order valence-electron chi connectivity index (χ4n) is 2.02. The summed E-state index contributed by atoms with van der Waals surface area (Å²) >= 11 is 0. The average molecular weight is 298 g/mol. The number of hydrogen-bond donors (Lipinski definition) is 2. The van der Waals surface area contributed by atoms with Crippen LogP contribution in [0.15, 0.2) is 48.5 Å². The van der Waals surface area contributed by atoms with Crippen LogP contribution in [0.2, 0.25) is 0 Å². The predicted molar refractivity (Wildman–Crippen MR) is 85.3 cm³/mol. The van der Waals surface area contributed by atoms with Crippen molar-refractivity contribution in [3.05, 3.63) is 59.7 Å². The number of ketones is 1. The molecule has 0 radical (unpaired) electrons. The zero-order chi connectivity index (χ0) is 15.9. The fourth-order valence-corrected chi connectivity index (χ4v) is 2.02. The maximum Gasteiger partial charge on any atom is 0.319 e. The Labute approximate surface area is 129 Å². The summed E-state index contributed by atoms with van der Waals surface area (Å²) < 4.78 is 5.23. The second kappa shape index (κ2) is 7.26. The monoisotopic (exact) mass is 298 g/mol. The number of anilines is 1. The van der Waals surface area contributed by atoms with Crippen molar-refractivity contribution in [1.29, 1.82) is 0 Å². The molecule has 2 N–H and O–H groups in total. The molecule has 0 saturated carbocycles. The van der Waals surface area contributed by atoms with Gasteiger partial charge in [0.2, 0.25) is 0 Å². The second-order valence-corrected chi connectivity index (χ2v) is 4.76. The summed E-state index contributed by atoms with van der Waals surface area (Å²) in [6, 6.07) is 13.9. The van der Waals surface area contributed by atoms with Gasteiger partial charge in [0.1, 0.15) is 5.75 Å². The molecule has 2 aromatic rings. The van der Waals surface area contributed by atoms with Crippen molar-refractivity contribution >= 4 is 17.5 Å². The Morgan fingerprint density at radius 2 is 1.86 bits per heavy atom. The van der Waals surface area contributed by atoms with Crippen LogP contribution in [0, 0.1) is 0 Å². The van der Waals surface area contributed by atoms with Crippen LogP contribution >= 0.6 is 0 Å². The highest BCUT2D eigenvalue weighted by atomic mass is 16.5. The first kappa shape index (κ1) is 15.6. The van der Waals surface area contributed by atoms with E-state index >= 15 is 0 Å². The van der Waals surface area contributed by atoms with Crippen LogP contribution < -0.4 is 15.4 Å². The van der Waals surface area contributed by atoms with E-state index in [-0.39, 0.29) is 11.8 Å². The number of rotatable bonds is 5. The van der Waals surface area contributed by atoms with Crippen molar-refractivity contribution < 1.29 is 14.3 Å². The van der Waals surface area contributed by atoms with Gasteiger partial charge in [-0.05, 0) is 25.1 Å². The number of methoxy groups -OCH3 is 1. The molecule has 0 aliphatic carbocycles. The quantitative estimate of drug-likeness (QED) is 0.833. The molecule has 0 heterocycles. The van der Waals surface area contributed by atoms with E-state index in [4.69, 9.17) is 4.74 Å². The van der Waals surface area contributed by atoms with Crippen LogP contribution in [0.1, 0.15) is 22.8 Å². The number of urea groups is 1. The lowest BCUT2D eigenvalue weighted by Gasteiger charge is -2.11. The van der Waals surface area contributed by atoms with Crippen molar-refractivity contribution in [2.75, 3.05) is 12.4 Å². The normalized spacial score (nSPS) is 9.91. The van der Waals surface area contributed by atoms with Crippen LogP contribution in [0.3, 0.4) is 0 Å². The lowest BCUT2D eigenvalue weighted by atomic mass is 10.1. The number of nitrogens with one attached hydrogen (secondary N) is 2. The number of amides is 2. The largest absolute Gasteiger partial charge is 0.496 e. The Morgan fingerprint density at radius 1 is 1.09 bits per heavy atom. The maximum atomic E-state index is 11.9. The number of para-hydroxylation sites is 1. The van der Waals surface area contributed by atoms with Gasteiger partial charge in [-0.3, -0.25) is 4.79 Å². The number of carbonyl (C=O) groups excluding carboxylic acids is 2. The average Bonchev–Trinajstić information content (AvgIpc) is 2.53. The number of carbonyl (C=O) groups is 2. The first-order chi connectivity index (χ1) is 10.6. The van der Waals surface area contributed by atoms with Gasteiger partial charge in [-0.25, -0.2) is 4.79 Å². The molecule has 0 aliphatic heterocycles.